The third-order valence-corrected chi connectivity index (χ3v) is 60.7. The van der Waals surface area contributed by atoms with Crippen molar-refractivity contribution >= 4 is 127 Å². The Labute approximate surface area is 431 Å². The minimum atomic E-state index is -4.01. The second-order valence-electron chi connectivity index (χ2n) is 19.6. The first-order valence-electron chi connectivity index (χ1n) is 24.2. The summed E-state index contributed by atoms with van der Waals surface area (Å²) in [5.74, 6) is -0.384. The molecule has 0 N–H and O–H groups in total. The Morgan fingerprint density at radius 2 is 0.592 bits per heavy atom. The Balaban J connectivity index is 1.26. The van der Waals surface area contributed by atoms with Crippen LogP contribution in [0.25, 0.3) is 0 Å². The van der Waals surface area contributed by atoms with E-state index in [4.69, 9.17) is 37.7 Å². The minimum Gasteiger partial charge on any atom is -0.465 e. The summed E-state index contributed by atoms with van der Waals surface area (Å²) in [6.45, 7) is 3.62. The molecule has 0 aliphatic carbocycles. The second-order valence-corrected chi connectivity index (χ2v) is 50.7. The van der Waals surface area contributed by atoms with E-state index in [1.807, 2.05) is 42.5 Å². The summed E-state index contributed by atoms with van der Waals surface area (Å²) < 4.78 is 74.3. The van der Waals surface area contributed by atoms with Crippen molar-refractivity contribution in [2.24, 2.45) is 0 Å². The van der Waals surface area contributed by atoms with Crippen LogP contribution in [0, 0.1) is 0 Å². The highest BCUT2D eigenvalue weighted by atomic mass is 79.9. The Morgan fingerprint density at radius 1 is 0.380 bits per heavy atom. The Hall–Kier alpha value is -4.09. The number of hydrogen-bond donors (Lipinski definition) is 0. The summed E-state index contributed by atoms with van der Waals surface area (Å²) in [5, 5.41) is 6.58. The average molecular weight is 1140 g/mol. The number of alkyl halides is 1. The molecule has 6 saturated heterocycles. The van der Waals surface area contributed by atoms with Crippen molar-refractivity contribution in [1.29, 1.82) is 0 Å². The van der Waals surface area contributed by atoms with Crippen LogP contribution in [0.1, 0.15) is 13.8 Å². The molecule has 7 aromatic carbocycles. The summed E-state index contributed by atoms with van der Waals surface area (Å²) in [6.07, 6.45) is 0. The number of rotatable bonds is 11. The predicted molar refractivity (Wildman–Crippen MR) is 295 cm³/mol. The molecule has 0 saturated carbocycles. The normalized spacial score (nSPS) is 32.9. The van der Waals surface area contributed by atoms with Crippen LogP contribution in [0.15, 0.2) is 212 Å². The van der Waals surface area contributed by atoms with Crippen molar-refractivity contribution in [1.82, 2.24) is 0 Å². The summed E-state index contributed by atoms with van der Waals surface area (Å²) in [4.78, 5) is 13.8. The number of benzene rings is 7. The summed E-state index contributed by atoms with van der Waals surface area (Å²) in [7, 11) is -32.0. The van der Waals surface area contributed by atoms with Gasteiger partial charge in [-0.25, -0.2) is 0 Å². The van der Waals surface area contributed by atoms with Crippen molar-refractivity contribution in [3.8, 4) is 0 Å². The van der Waals surface area contributed by atoms with Gasteiger partial charge in [0.2, 0.25) is 0 Å². The van der Waals surface area contributed by atoms with Gasteiger partial charge in [0, 0.05) is 28.7 Å². The van der Waals surface area contributed by atoms with Gasteiger partial charge in [-0.05, 0) is 50.2 Å². The molecular formula is C52H53BrO10Si8. The van der Waals surface area contributed by atoms with E-state index in [1.165, 1.54) is 0 Å². The molecule has 0 radical (unpaired) electrons. The number of esters is 1. The van der Waals surface area contributed by atoms with Crippen molar-refractivity contribution in [3.63, 3.8) is 0 Å². The molecule has 13 rings (SSSR count). The number of carbonyl (C=O) groups excluding carboxylic acids is 1. The van der Waals surface area contributed by atoms with Gasteiger partial charge >= 0.3 is 74.5 Å². The maximum atomic E-state index is 13.8. The van der Waals surface area contributed by atoms with Crippen LogP contribution in [0.4, 0.5) is 0 Å². The average Bonchev–Trinajstić information content (AvgIpc) is 3.37. The lowest BCUT2D eigenvalue weighted by Crippen LogP contribution is -2.92. The zero-order valence-electron chi connectivity index (χ0n) is 39.4. The van der Waals surface area contributed by atoms with Gasteiger partial charge in [-0.2, -0.15) is 0 Å². The van der Waals surface area contributed by atoms with Crippen LogP contribution in [0.3, 0.4) is 0 Å². The first-order chi connectivity index (χ1) is 34.3. The fourth-order valence-electron chi connectivity index (χ4n) is 11.3. The van der Waals surface area contributed by atoms with E-state index in [0.717, 1.165) is 36.3 Å². The first kappa shape index (κ1) is 47.9. The van der Waals surface area contributed by atoms with Crippen molar-refractivity contribution in [3.05, 3.63) is 212 Å². The molecule has 71 heavy (non-hydrogen) atoms. The van der Waals surface area contributed by atoms with E-state index >= 15 is 0 Å². The molecule has 8 atom stereocenters. The Bertz CT molecular complexity index is 2740. The zero-order chi connectivity index (χ0) is 48.5. The van der Waals surface area contributed by atoms with Gasteiger partial charge in [0.1, 0.15) is 4.32 Å². The monoisotopic (exact) mass is 1140 g/mol. The van der Waals surface area contributed by atoms with Crippen molar-refractivity contribution in [2.45, 2.75) is 46.9 Å². The van der Waals surface area contributed by atoms with E-state index in [2.05, 4.69) is 186 Å². The zero-order valence-corrected chi connectivity index (χ0v) is 49.0. The van der Waals surface area contributed by atoms with Crippen LogP contribution in [-0.2, 0) is 42.5 Å². The fourth-order valence-corrected chi connectivity index (χ4v) is 77.7. The molecule has 10 nitrogen and oxygen atoms in total. The Morgan fingerprint density at radius 3 is 0.817 bits per heavy atom. The summed E-state index contributed by atoms with van der Waals surface area (Å²) in [6, 6.07) is 73.6. The molecule has 6 aliphatic rings. The lowest BCUT2D eigenvalue weighted by atomic mass is 10.2. The van der Waals surface area contributed by atoms with E-state index in [0.29, 0.717) is 22.7 Å². The van der Waals surface area contributed by atoms with Gasteiger partial charge in [-0.3, -0.25) is 4.79 Å². The van der Waals surface area contributed by atoms with Crippen molar-refractivity contribution < 1.29 is 42.5 Å². The highest BCUT2D eigenvalue weighted by Crippen LogP contribution is 2.53. The van der Waals surface area contributed by atoms with Gasteiger partial charge in [0.05, 0.1) is 6.61 Å². The lowest BCUT2D eigenvalue weighted by molar-refractivity contribution is -0.144. The minimum absolute atomic E-state index is 0.0265. The quantitative estimate of drug-likeness (QED) is 0.0879. The topological polar surface area (TPSA) is 100 Å². The van der Waals surface area contributed by atoms with Crippen LogP contribution in [-0.4, -0.2) is 85.4 Å². The molecule has 6 fully saturated rings. The maximum absolute atomic E-state index is 13.8. The number of ether oxygens (including phenoxy) is 1. The SMILES string of the molecule is CC(C)(Br)C(=O)OCC[Si]12C[Si]3(c4ccccc4)O[Si]4(c5ccccc5)C[Si]5(c6ccccc6)O[Si](c6ccccc6)(C[Si](c6ccccc6)(O1)O4)O[Si](c1ccccc1)(C[Si](c1ccccc1)(O3)O5)O2. The third kappa shape index (κ3) is 8.41. The largest absolute Gasteiger partial charge is 0.465 e. The van der Waals surface area contributed by atoms with Gasteiger partial charge in [-0.1, -0.05) is 228 Å². The molecule has 8 bridgehead atoms. The molecule has 0 amide bonds. The van der Waals surface area contributed by atoms with E-state index in [9.17, 15) is 4.79 Å². The van der Waals surface area contributed by atoms with Crippen molar-refractivity contribution in [2.75, 3.05) is 6.61 Å². The van der Waals surface area contributed by atoms with E-state index in [-0.39, 0.29) is 18.6 Å². The lowest BCUT2D eigenvalue weighted by Gasteiger charge is -2.65. The van der Waals surface area contributed by atoms with E-state index < -0.39 is 72.8 Å². The van der Waals surface area contributed by atoms with Gasteiger partial charge < -0.3 is 37.7 Å². The molecule has 360 valence electrons. The molecule has 6 heterocycles. The smallest absolute Gasteiger partial charge is 0.357 e. The van der Waals surface area contributed by atoms with E-state index in [1.54, 1.807) is 13.8 Å². The molecule has 6 aliphatic heterocycles. The first-order valence-corrected chi connectivity index (χ1v) is 41.4. The third-order valence-electron chi connectivity index (χ3n) is 14.3. The number of halogens is 1. The molecule has 0 spiro atoms. The van der Waals surface area contributed by atoms with Crippen LogP contribution in [0.5, 0.6) is 0 Å². The Kier molecular flexibility index (Phi) is 12.2. The van der Waals surface area contributed by atoms with Gasteiger partial charge in [-0.15, -0.1) is 0 Å². The standard InChI is InChI=1S/C52H53BrO10Si8/c1-52(2,53)51(54)55-38-39-64-40-65(44-24-10-3-11-25-44)58-68(47-30-16-6-17-31-47)41-66(56-64,45-26-12-4-13-27-45)60-69(48-32-18-7-19-33-48)42-67(57-64,46-28-14-5-15-29-46)61-70(59-65,49-34-20-8-21-35-49)43-71(62-68,63-69)50-36-22-9-23-37-50/h3-37H,38-43H2,1-2H3. The molecular weight excluding hydrogens is 1090 g/mol. The van der Waals surface area contributed by atoms with Crippen LogP contribution >= 0.6 is 15.9 Å². The van der Waals surface area contributed by atoms with Crippen LogP contribution < -0.4 is 36.3 Å². The molecule has 0 aromatic heterocycles. The van der Waals surface area contributed by atoms with Gasteiger partial charge in [0.25, 0.3) is 0 Å². The highest BCUT2D eigenvalue weighted by molar-refractivity contribution is 9.10. The predicted octanol–water partition coefficient (Wildman–Crippen LogP) is 5.95. The molecule has 8 unspecified atom stereocenters. The fraction of sp³-hybridized carbons (Fsp3) is 0.173. The second kappa shape index (κ2) is 18.1. The molecule has 7 aromatic rings. The summed E-state index contributed by atoms with van der Waals surface area (Å²) in [5.41, 5.74) is 1.27. The number of hydrogen-bond acceptors (Lipinski definition) is 10. The molecule has 19 heteroatoms. The number of carbonyl (C=O) groups is 1. The highest BCUT2D eigenvalue weighted by Gasteiger charge is 2.81. The van der Waals surface area contributed by atoms with Crippen LogP contribution in [0.2, 0.25) is 28.7 Å². The summed E-state index contributed by atoms with van der Waals surface area (Å²) >= 11 is 3.57. The van der Waals surface area contributed by atoms with Gasteiger partial charge in [0.15, 0.2) is 0 Å². The maximum Gasteiger partial charge on any atom is 0.357 e.